The lowest BCUT2D eigenvalue weighted by molar-refractivity contribution is 0.582. The number of aryl methyl sites for hydroxylation is 2. The summed E-state index contributed by atoms with van der Waals surface area (Å²) < 4.78 is 24.1. The van der Waals surface area contributed by atoms with Crippen molar-refractivity contribution >= 4 is 15.7 Å². The molecule has 94 valence electrons. The summed E-state index contributed by atoms with van der Waals surface area (Å²) in [6, 6.07) is 1.99. The summed E-state index contributed by atoms with van der Waals surface area (Å²) in [4.78, 5) is 0. The van der Waals surface area contributed by atoms with Gasteiger partial charge < -0.3 is 5.73 Å². The highest BCUT2D eigenvalue weighted by Crippen LogP contribution is 2.16. The highest BCUT2D eigenvalue weighted by molar-refractivity contribution is 7.91. The first kappa shape index (κ1) is 13.5. The van der Waals surface area contributed by atoms with Crippen molar-refractivity contribution in [3.05, 3.63) is 11.3 Å². The predicted octanol–water partition coefficient (Wildman–Crippen LogP) is 0.334. The lowest BCUT2D eigenvalue weighted by Crippen LogP contribution is -2.16. The number of rotatable bonds is 5. The third-order valence-corrected chi connectivity index (χ3v) is 4.25. The van der Waals surface area contributed by atoms with Gasteiger partial charge in [-0.1, -0.05) is 13.8 Å². The van der Waals surface area contributed by atoms with Gasteiger partial charge in [-0.25, -0.2) is 13.1 Å². The molecule has 1 heterocycles. The molecule has 0 aliphatic heterocycles. The third-order valence-electron chi connectivity index (χ3n) is 2.56. The molecule has 6 nitrogen and oxygen atoms in total. The fourth-order valence-corrected chi connectivity index (χ4v) is 2.18. The molecule has 0 amide bonds. The van der Waals surface area contributed by atoms with E-state index in [2.05, 4.69) is 5.10 Å². The van der Waals surface area contributed by atoms with Crippen LogP contribution in [0.1, 0.15) is 25.1 Å². The minimum Gasteiger partial charge on any atom is -0.383 e. The van der Waals surface area contributed by atoms with Gasteiger partial charge in [-0.3, -0.25) is 0 Å². The van der Waals surface area contributed by atoms with Crippen molar-refractivity contribution in [3.63, 3.8) is 0 Å². The monoisotopic (exact) mass is 256 g/mol. The number of hydrogen-bond acceptors (Lipinski definition) is 5. The van der Waals surface area contributed by atoms with Crippen LogP contribution in [-0.4, -0.2) is 29.7 Å². The molecule has 0 unspecified atom stereocenters. The van der Waals surface area contributed by atoms with Gasteiger partial charge in [0.1, 0.15) is 17.5 Å². The van der Waals surface area contributed by atoms with Gasteiger partial charge in [0, 0.05) is 5.75 Å². The van der Waals surface area contributed by atoms with Crippen LogP contribution in [0.25, 0.3) is 0 Å². The lowest BCUT2D eigenvalue weighted by atomic mass is 10.2. The number of aromatic nitrogens is 2. The standard InChI is InChI=1S/C10H16N4O2S/c1-3-9-8(7-11)10(12)14(13-9)5-6-17(15,16)4-2/h3-6,12H2,1-2H3. The van der Waals surface area contributed by atoms with Crippen molar-refractivity contribution < 1.29 is 8.42 Å². The van der Waals surface area contributed by atoms with Crippen molar-refractivity contribution in [2.75, 3.05) is 17.2 Å². The Labute approximate surface area is 101 Å². The number of nitriles is 1. The maximum absolute atomic E-state index is 11.4. The predicted molar refractivity (Wildman–Crippen MR) is 65.1 cm³/mol. The summed E-state index contributed by atoms with van der Waals surface area (Å²) in [5, 5.41) is 13.1. The normalized spacial score (nSPS) is 11.4. The van der Waals surface area contributed by atoms with E-state index in [0.717, 1.165) is 0 Å². The molecule has 1 rings (SSSR count). The molecule has 1 aromatic rings. The van der Waals surface area contributed by atoms with Gasteiger partial charge in [0.2, 0.25) is 0 Å². The van der Waals surface area contributed by atoms with Gasteiger partial charge in [0.05, 0.1) is 18.0 Å². The van der Waals surface area contributed by atoms with E-state index in [0.29, 0.717) is 17.7 Å². The molecule has 0 atom stereocenters. The number of nitrogen functional groups attached to an aromatic ring is 1. The Hall–Kier alpha value is -1.55. The number of nitrogens with zero attached hydrogens (tertiary/aromatic N) is 3. The van der Waals surface area contributed by atoms with E-state index in [9.17, 15) is 8.42 Å². The molecule has 1 aromatic heterocycles. The summed E-state index contributed by atoms with van der Waals surface area (Å²) >= 11 is 0. The van der Waals surface area contributed by atoms with Crippen LogP contribution in [0.15, 0.2) is 0 Å². The van der Waals surface area contributed by atoms with E-state index >= 15 is 0 Å². The van der Waals surface area contributed by atoms with E-state index in [-0.39, 0.29) is 23.9 Å². The Kier molecular flexibility index (Phi) is 4.12. The Morgan fingerprint density at radius 1 is 1.47 bits per heavy atom. The average Bonchev–Trinajstić information content (AvgIpc) is 2.62. The van der Waals surface area contributed by atoms with Crippen molar-refractivity contribution in [2.24, 2.45) is 0 Å². The maximum atomic E-state index is 11.4. The minimum absolute atomic E-state index is 0.0105. The van der Waals surface area contributed by atoms with Gasteiger partial charge in [-0.15, -0.1) is 0 Å². The Balaban J connectivity index is 2.94. The lowest BCUT2D eigenvalue weighted by Gasteiger charge is -2.03. The zero-order valence-corrected chi connectivity index (χ0v) is 10.8. The van der Waals surface area contributed by atoms with Crippen molar-refractivity contribution in [2.45, 2.75) is 26.8 Å². The van der Waals surface area contributed by atoms with Crippen molar-refractivity contribution in [1.29, 1.82) is 5.26 Å². The second-order valence-corrected chi connectivity index (χ2v) is 6.10. The van der Waals surface area contributed by atoms with Gasteiger partial charge in [0.25, 0.3) is 0 Å². The smallest absolute Gasteiger partial charge is 0.151 e. The number of hydrogen-bond donors (Lipinski definition) is 1. The van der Waals surface area contributed by atoms with E-state index in [1.807, 2.05) is 13.0 Å². The van der Waals surface area contributed by atoms with Crippen LogP contribution in [0.4, 0.5) is 5.82 Å². The minimum atomic E-state index is -3.05. The highest BCUT2D eigenvalue weighted by atomic mass is 32.2. The summed E-state index contributed by atoms with van der Waals surface area (Å²) in [5.41, 5.74) is 6.70. The SMILES string of the molecule is CCc1nn(CCS(=O)(=O)CC)c(N)c1C#N. The van der Waals surface area contributed by atoms with Crippen LogP contribution < -0.4 is 5.73 Å². The molecule has 0 spiro atoms. The van der Waals surface area contributed by atoms with Crippen LogP contribution in [0, 0.1) is 11.3 Å². The molecule has 0 aliphatic carbocycles. The zero-order chi connectivity index (χ0) is 13.1. The molecular weight excluding hydrogens is 240 g/mol. The summed E-state index contributed by atoms with van der Waals surface area (Å²) in [6.07, 6.45) is 0.598. The largest absolute Gasteiger partial charge is 0.383 e. The topological polar surface area (TPSA) is 102 Å². The van der Waals surface area contributed by atoms with Gasteiger partial charge in [-0.05, 0) is 6.42 Å². The second-order valence-electron chi connectivity index (χ2n) is 3.63. The molecule has 0 saturated carbocycles. The summed E-state index contributed by atoms with van der Waals surface area (Å²) in [6.45, 7) is 3.66. The first-order chi connectivity index (χ1) is 7.95. The molecule has 2 N–H and O–H groups in total. The molecule has 0 aliphatic rings. The van der Waals surface area contributed by atoms with Crippen molar-refractivity contribution in [1.82, 2.24) is 9.78 Å². The quantitative estimate of drug-likeness (QED) is 0.818. The van der Waals surface area contributed by atoms with Crippen LogP contribution in [0.3, 0.4) is 0 Å². The summed E-state index contributed by atoms with van der Waals surface area (Å²) in [7, 11) is -3.05. The Bertz CT molecular complexity index is 539. The number of nitrogens with two attached hydrogens (primary N) is 1. The number of sulfone groups is 1. The van der Waals surface area contributed by atoms with Crippen LogP contribution >= 0.6 is 0 Å². The zero-order valence-electron chi connectivity index (χ0n) is 9.97. The maximum Gasteiger partial charge on any atom is 0.151 e. The molecule has 7 heteroatoms. The molecule has 0 saturated heterocycles. The van der Waals surface area contributed by atoms with Crippen LogP contribution in [0.2, 0.25) is 0 Å². The second kappa shape index (κ2) is 5.19. The van der Waals surface area contributed by atoms with Crippen molar-refractivity contribution in [3.8, 4) is 6.07 Å². The Morgan fingerprint density at radius 3 is 2.53 bits per heavy atom. The van der Waals surface area contributed by atoms with E-state index in [1.165, 1.54) is 4.68 Å². The van der Waals surface area contributed by atoms with Gasteiger partial charge >= 0.3 is 0 Å². The fraction of sp³-hybridized carbons (Fsp3) is 0.600. The molecule has 0 aromatic carbocycles. The van der Waals surface area contributed by atoms with E-state index in [1.54, 1.807) is 6.92 Å². The highest BCUT2D eigenvalue weighted by Gasteiger charge is 2.15. The van der Waals surface area contributed by atoms with Crippen LogP contribution in [-0.2, 0) is 22.8 Å². The van der Waals surface area contributed by atoms with E-state index < -0.39 is 9.84 Å². The van der Waals surface area contributed by atoms with Gasteiger partial charge in [0.15, 0.2) is 9.84 Å². The first-order valence-corrected chi connectivity index (χ1v) is 7.23. The summed E-state index contributed by atoms with van der Waals surface area (Å²) in [5.74, 6) is 0.333. The molecule has 0 fully saturated rings. The molecule has 0 radical (unpaired) electrons. The fourth-order valence-electron chi connectivity index (χ4n) is 1.44. The molecule has 0 bridgehead atoms. The third kappa shape index (κ3) is 2.97. The number of anilines is 1. The van der Waals surface area contributed by atoms with Crippen LogP contribution in [0.5, 0.6) is 0 Å². The average molecular weight is 256 g/mol. The van der Waals surface area contributed by atoms with Gasteiger partial charge in [-0.2, -0.15) is 10.4 Å². The Morgan fingerprint density at radius 2 is 2.12 bits per heavy atom. The van der Waals surface area contributed by atoms with E-state index in [4.69, 9.17) is 11.0 Å². The molecule has 17 heavy (non-hydrogen) atoms. The molecular formula is C10H16N4O2S. The first-order valence-electron chi connectivity index (χ1n) is 5.40.